The maximum atomic E-state index is 6.18. The monoisotopic (exact) mass is 283 g/mol. The van der Waals surface area contributed by atoms with Crippen molar-refractivity contribution in [1.29, 1.82) is 0 Å². The van der Waals surface area contributed by atoms with Crippen LogP contribution in [0.5, 0.6) is 0 Å². The lowest BCUT2D eigenvalue weighted by molar-refractivity contribution is -0.570. The van der Waals surface area contributed by atoms with E-state index in [1.54, 1.807) is 0 Å². The summed E-state index contributed by atoms with van der Waals surface area (Å²) in [4.78, 5) is 11.7. The molecule has 4 saturated heterocycles. The summed E-state index contributed by atoms with van der Waals surface area (Å²) >= 11 is 0. The predicted octanol–water partition coefficient (Wildman–Crippen LogP) is 2.15. The molecule has 0 aromatic heterocycles. The molecule has 5 rings (SSSR count). The standard InChI is InChI=1S/C15H25NO4/c1-8-4-5-11-9(2)12(16)17-13-15(11)10(8)6-7-14(3,18-13)19-20-15/h8-13H,4-7,16H2,1-3H3/t8-,9-,10?,11?,12?,13-,14+,15-/m1/s1. The van der Waals surface area contributed by atoms with Gasteiger partial charge >= 0.3 is 0 Å². The van der Waals surface area contributed by atoms with E-state index in [9.17, 15) is 0 Å². The summed E-state index contributed by atoms with van der Waals surface area (Å²) in [6.45, 7) is 6.41. The number of ether oxygens (including phenoxy) is 2. The zero-order valence-corrected chi connectivity index (χ0v) is 12.5. The van der Waals surface area contributed by atoms with Gasteiger partial charge < -0.3 is 15.2 Å². The molecular formula is C15H25NO4. The summed E-state index contributed by atoms with van der Waals surface area (Å²) in [7, 11) is 0. The number of nitrogens with two attached hydrogens (primary N) is 1. The van der Waals surface area contributed by atoms with Crippen LogP contribution in [0, 0.1) is 23.7 Å². The number of rotatable bonds is 0. The Morgan fingerprint density at radius 1 is 1.05 bits per heavy atom. The van der Waals surface area contributed by atoms with Gasteiger partial charge in [-0.25, -0.2) is 9.78 Å². The highest BCUT2D eigenvalue weighted by molar-refractivity contribution is 5.09. The van der Waals surface area contributed by atoms with Crippen molar-refractivity contribution in [2.45, 2.75) is 70.4 Å². The minimum absolute atomic E-state index is 0.260. The number of fused-ring (bicyclic) bond motifs is 2. The van der Waals surface area contributed by atoms with Crippen LogP contribution in [0.4, 0.5) is 0 Å². The van der Waals surface area contributed by atoms with Crippen molar-refractivity contribution in [3.8, 4) is 0 Å². The van der Waals surface area contributed by atoms with Crippen LogP contribution in [0.1, 0.15) is 46.5 Å². The molecule has 3 unspecified atom stereocenters. The smallest absolute Gasteiger partial charge is 0.201 e. The highest BCUT2D eigenvalue weighted by Crippen LogP contribution is 2.60. The molecule has 2 bridgehead atoms. The molecule has 1 spiro atoms. The van der Waals surface area contributed by atoms with Crippen molar-refractivity contribution < 1.29 is 19.2 Å². The molecule has 1 saturated carbocycles. The first-order chi connectivity index (χ1) is 9.46. The Balaban J connectivity index is 1.82. The Labute approximate surface area is 120 Å². The minimum Gasteiger partial charge on any atom is -0.331 e. The van der Waals surface area contributed by atoms with Gasteiger partial charge in [0.2, 0.25) is 5.79 Å². The van der Waals surface area contributed by atoms with Gasteiger partial charge in [0.25, 0.3) is 0 Å². The van der Waals surface area contributed by atoms with Gasteiger partial charge in [-0.15, -0.1) is 0 Å². The van der Waals surface area contributed by atoms with Crippen LogP contribution in [0.15, 0.2) is 0 Å². The van der Waals surface area contributed by atoms with Crippen molar-refractivity contribution in [3.05, 3.63) is 0 Å². The summed E-state index contributed by atoms with van der Waals surface area (Å²) in [6.07, 6.45) is 3.57. The molecular weight excluding hydrogens is 258 g/mol. The van der Waals surface area contributed by atoms with Crippen molar-refractivity contribution in [1.82, 2.24) is 0 Å². The predicted molar refractivity (Wildman–Crippen MR) is 71.0 cm³/mol. The molecule has 5 heteroatoms. The summed E-state index contributed by atoms with van der Waals surface area (Å²) in [6, 6.07) is 0. The third kappa shape index (κ3) is 1.56. The molecule has 20 heavy (non-hydrogen) atoms. The SMILES string of the molecule is C[C@H]1C(N)O[C@@H]2O[C@]3(C)CCC4[C@H](C)CCC1[C@]42OO3. The first-order valence-corrected chi connectivity index (χ1v) is 7.92. The lowest BCUT2D eigenvalue weighted by Crippen LogP contribution is -2.71. The summed E-state index contributed by atoms with van der Waals surface area (Å²) in [5, 5.41) is 0. The molecule has 1 aliphatic carbocycles. The van der Waals surface area contributed by atoms with E-state index in [0.29, 0.717) is 17.8 Å². The molecule has 4 aliphatic heterocycles. The second-order valence-corrected chi connectivity index (χ2v) is 7.37. The second-order valence-electron chi connectivity index (χ2n) is 7.37. The topological polar surface area (TPSA) is 62.9 Å². The molecule has 5 aliphatic rings. The highest BCUT2D eigenvalue weighted by atomic mass is 17.3. The van der Waals surface area contributed by atoms with Crippen molar-refractivity contribution in [3.63, 3.8) is 0 Å². The fraction of sp³-hybridized carbons (Fsp3) is 1.00. The molecule has 4 heterocycles. The summed E-state index contributed by atoms with van der Waals surface area (Å²) in [5.41, 5.74) is 5.71. The largest absolute Gasteiger partial charge is 0.331 e. The average molecular weight is 283 g/mol. The highest BCUT2D eigenvalue weighted by Gasteiger charge is 2.68. The second kappa shape index (κ2) is 4.17. The Bertz CT molecular complexity index is 415. The zero-order chi connectivity index (χ0) is 14.1. The molecule has 0 aromatic rings. The van der Waals surface area contributed by atoms with E-state index in [-0.39, 0.29) is 12.1 Å². The van der Waals surface area contributed by atoms with Crippen LogP contribution in [0.25, 0.3) is 0 Å². The molecule has 5 nitrogen and oxygen atoms in total. The van der Waals surface area contributed by atoms with Gasteiger partial charge in [0.05, 0.1) is 0 Å². The maximum absolute atomic E-state index is 6.18. The van der Waals surface area contributed by atoms with Gasteiger partial charge in [0, 0.05) is 18.3 Å². The third-order valence-electron chi connectivity index (χ3n) is 6.21. The molecule has 0 amide bonds. The Morgan fingerprint density at radius 2 is 1.85 bits per heavy atom. The van der Waals surface area contributed by atoms with Crippen LogP contribution in [-0.4, -0.2) is 23.9 Å². The van der Waals surface area contributed by atoms with Gasteiger partial charge in [0.15, 0.2) is 11.9 Å². The van der Waals surface area contributed by atoms with E-state index in [1.165, 1.54) is 6.42 Å². The van der Waals surface area contributed by atoms with E-state index in [4.69, 9.17) is 25.0 Å². The van der Waals surface area contributed by atoms with E-state index < -0.39 is 17.7 Å². The lowest BCUT2D eigenvalue weighted by atomic mass is 9.58. The van der Waals surface area contributed by atoms with E-state index in [1.807, 2.05) is 6.92 Å². The fourth-order valence-corrected chi connectivity index (χ4v) is 4.93. The normalized spacial score (nSPS) is 61.8. The van der Waals surface area contributed by atoms with Gasteiger partial charge in [-0.2, -0.15) is 0 Å². The van der Waals surface area contributed by atoms with Gasteiger partial charge in [-0.3, -0.25) is 0 Å². The average Bonchev–Trinajstić information content (AvgIpc) is 2.63. The Morgan fingerprint density at radius 3 is 2.65 bits per heavy atom. The molecule has 8 atom stereocenters. The fourth-order valence-electron chi connectivity index (χ4n) is 4.93. The van der Waals surface area contributed by atoms with Gasteiger partial charge in [-0.05, 0) is 38.0 Å². The van der Waals surface area contributed by atoms with Crippen LogP contribution in [-0.2, 0) is 19.2 Å². The van der Waals surface area contributed by atoms with Crippen molar-refractivity contribution >= 4 is 0 Å². The number of hydrogen-bond acceptors (Lipinski definition) is 5. The molecule has 2 N–H and O–H groups in total. The minimum atomic E-state index is -0.697. The van der Waals surface area contributed by atoms with Crippen molar-refractivity contribution in [2.24, 2.45) is 29.4 Å². The summed E-state index contributed by atoms with van der Waals surface area (Å²) in [5.74, 6) is 0.936. The van der Waals surface area contributed by atoms with E-state index in [2.05, 4.69) is 13.8 Å². The maximum Gasteiger partial charge on any atom is 0.201 e. The summed E-state index contributed by atoms with van der Waals surface area (Å²) < 4.78 is 12.2. The van der Waals surface area contributed by atoms with Crippen molar-refractivity contribution in [2.75, 3.05) is 0 Å². The lowest BCUT2D eigenvalue weighted by Gasteiger charge is -2.60. The Hall–Kier alpha value is -0.200. The van der Waals surface area contributed by atoms with Gasteiger partial charge in [-0.1, -0.05) is 13.8 Å². The molecule has 0 aromatic carbocycles. The zero-order valence-electron chi connectivity index (χ0n) is 12.5. The molecule has 0 radical (unpaired) electrons. The Kier molecular flexibility index (Phi) is 2.81. The molecule has 5 fully saturated rings. The first kappa shape index (κ1) is 13.5. The number of hydrogen-bond donors (Lipinski definition) is 1. The first-order valence-electron chi connectivity index (χ1n) is 7.92. The van der Waals surface area contributed by atoms with E-state index in [0.717, 1.165) is 19.3 Å². The third-order valence-corrected chi connectivity index (χ3v) is 6.21. The molecule has 114 valence electrons. The van der Waals surface area contributed by atoms with Crippen LogP contribution >= 0.6 is 0 Å². The van der Waals surface area contributed by atoms with E-state index >= 15 is 0 Å². The van der Waals surface area contributed by atoms with Crippen LogP contribution in [0.2, 0.25) is 0 Å². The quantitative estimate of drug-likeness (QED) is 0.690. The van der Waals surface area contributed by atoms with Gasteiger partial charge in [0.1, 0.15) is 6.23 Å². The van der Waals surface area contributed by atoms with Crippen LogP contribution < -0.4 is 5.73 Å². The van der Waals surface area contributed by atoms with Crippen LogP contribution in [0.3, 0.4) is 0 Å².